The molecular formula is C24H22N2O8. The first kappa shape index (κ1) is 24.3. The molecule has 176 valence electrons. The first-order valence-corrected chi connectivity index (χ1v) is 10.3. The van der Waals surface area contributed by atoms with Crippen molar-refractivity contribution in [3.63, 3.8) is 0 Å². The fourth-order valence-corrected chi connectivity index (χ4v) is 3.04. The summed E-state index contributed by atoms with van der Waals surface area (Å²) in [6.07, 6.45) is 0.155. The third-order valence-corrected chi connectivity index (χ3v) is 4.37. The fraction of sp³-hybridized carbons (Fsp3) is 0.250. The number of ether oxygens (including phenoxy) is 4. The normalized spacial score (nSPS) is 11.4. The minimum absolute atomic E-state index is 0.0124. The minimum atomic E-state index is -1.27. The summed E-state index contributed by atoms with van der Waals surface area (Å²) in [6, 6.07) is 11.6. The topological polar surface area (TPSA) is 131 Å². The van der Waals surface area contributed by atoms with E-state index in [1.807, 2.05) is 18.2 Å². The summed E-state index contributed by atoms with van der Waals surface area (Å²) in [5.41, 5.74) is 2.26. The highest BCUT2D eigenvalue weighted by molar-refractivity contribution is 5.79. The minimum Gasteiger partial charge on any atom is -0.456 e. The largest absolute Gasteiger partial charge is 0.456 e. The summed E-state index contributed by atoms with van der Waals surface area (Å²) < 4.78 is 20.6. The van der Waals surface area contributed by atoms with Gasteiger partial charge in [-0.25, -0.2) is 9.78 Å². The van der Waals surface area contributed by atoms with Gasteiger partial charge in [0.05, 0.1) is 22.9 Å². The van der Waals surface area contributed by atoms with E-state index in [2.05, 4.69) is 9.97 Å². The first-order valence-electron chi connectivity index (χ1n) is 10.3. The molecule has 34 heavy (non-hydrogen) atoms. The molecule has 0 saturated carbocycles. The molecule has 0 radical (unpaired) electrons. The molecule has 1 heterocycles. The van der Waals surface area contributed by atoms with Crippen LogP contribution in [0.5, 0.6) is 11.5 Å². The number of para-hydroxylation sites is 2. The fourth-order valence-electron chi connectivity index (χ4n) is 3.04. The predicted molar refractivity (Wildman–Crippen MR) is 118 cm³/mol. The van der Waals surface area contributed by atoms with Crippen molar-refractivity contribution in [2.45, 2.75) is 39.9 Å². The van der Waals surface area contributed by atoms with Gasteiger partial charge in [0.2, 0.25) is 6.10 Å². The van der Waals surface area contributed by atoms with Crippen molar-refractivity contribution in [1.29, 1.82) is 0 Å². The molecule has 0 amide bonds. The molecule has 0 fully saturated rings. The average molecular weight is 466 g/mol. The van der Waals surface area contributed by atoms with Gasteiger partial charge in [-0.05, 0) is 29.8 Å². The number of carbonyl (C=O) groups excluding carboxylic acids is 4. The van der Waals surface area contributed by atoms with Gasteiger partial charge in [0.1, 0.15) is 6.61 Å². The molecule has 10 heteroatoms. The van der Waals surface area contributed by atoms with E-state index in [-0.39, 0.29) is 24.5 Å². The van der Waals surface area contributed by atoms with Crippen LogP contribution in [-0.2, 0) is 41.7 Å². The van der Waals surface area contributed by atoms with Crippen LogP contribution in [0.15, 0.2) is 48.7 Å². The SMILES string of the molecule is CC(=O)Oc1ccc(CC(OC(C)=O)C(=O)OCc2cnc3ccccc3n2)cc1OC(C)=O. The lowest BCUT2D eigenvalue weighted by Gasteiger charge is -2.17. The second kappa shape index (κ2) is 11.0. The van der Waals surface area contributed by atoms with E-state index in [1.165, 1.54) is 39.1 Å². The lowest BCUT2D eigenvalue weighted by Crippen LogP contribution is -2.30. The number of aromatic nitrogens is 2. The van der Waals surface area contributed by atoms with Crippen LogP contribution >= 0.6 is 0 Å². The number of hydrogen-bond acceptors (Lipinski definition) is 10. The van der Waals surface area contributed by atoms with Crippen molar-refractivity contribution in [2.75, 3.05) is 0 Å². The summed E-state index contributed by atoms with van der Waals surface area (Å²) >= 11 is 0. The third kappa shape index (κ3) is 6.83. The molecule has 0 aliphatic carbocycles. The Morgan fingerprint density at radius 3 is 2.21 bits per heavy atom. The van der Waals surface area contributed by atoms with Crippen molar-refractivity contribution >= 4 is 34.9 Å². The van der Waals surface area contributed by atoms with Gasteiger partial charge in [0, 0.05) is 27.2 Å². The van der Waals surface area contributed by atoms with E-state index in [0.717, 1.165) is 0 Å². The van der Waals surface area contributed by atoms with Crippen LogP contribution in [0.2, 0.25) is 0 Å². The smallest absolute Gasteiger partial charge is 0.348 e. The Morgan fingerprint density at radius 2 is 1.53 bits per heavy atom. The number of rotatable bonds is 8. The van der Waals surface area contributed by atoms with E-state index >= 15 is 0 Å². The highest BCUT2D eigenvalue weighted by Crippen LogP contribution is 2.29. The number of hydrogen-bond donors (Lipinski definition) is 0. The number of benzene rings is 2. The number of fused-ring (bicyclic) bond motifs is 1. The van der Waals surface area contributed by atoms with Crippen molar-refractivity contribution < 1.29 is 38.1 Å². The molecule has 0 N–H and O–H groups in total. The molecule has 0 aliphatic rings. The van der Waals surface area contributed by atoms with Crippen molar-refractivity contribution in [3.05, 3.63) is 59.9 Å². The highest BCUT2D eigenvalue weighted by atomic mass is 16.6. The van der Waals surface area contributed by atoms with Crippen LogP contribution in [0.3, 0.4) is 0 Å². The van der Waals surface area contributed by atoms with Crippen LogP contribution in [-0.4, -0.2) is 39.9 Å². The Hall–Kier alpha value is -4.34. The second-order valence-electron chi connectivity index (χ2n) is 7.23. The zero-order valence-corrected chi connectivity index (χ0v) is 18.8. The monoisotopic (exact) mass is 466 g/mol. The van der Waals surface area contributed by atoms with Crippen molar-refractivity contribution in [2.24, 2.45) is 0 Å². The summed E-state index contributed by atoms with van der Waals surface area (Å²) in [6.45, 7) is 3.40. The highest BCUT2D eigenvalue weighted by Gasteiger charge is 2.25. The van der Waals surface area contributed by atoms with E-state index in [4.69, 9.17) is 18.9 Å². The van der Waals surface area contributed by atoms with Crippen LogP contribution < -0.4 is 9.47 Å². The summed E-state index contributed by atoms with van der Waals surface area (Å²) in [5.74, 6) is -2.67. The molecule has 1 aromatic heterocycles. The Labute approximate surface area is 194 Å². The zero-order chi connectivity index (χ0) is 24.7. The molecular weight excluding hydrogens is 444 g/mol. The van der Waals surface area contributed by atoms with Gasteiger partial charge in [-0.1, -0.05) is 18.2 Å². The van der Waals surface area contributed by atoms with Gasteiger partial charge >= 0.3 is 23.9 Å². The Balaban J connectivity index is 1.75. The van der Waals surface area contributed by atoms with Gasteiger partial charge in [0.25, 0.3) is 0 Å². The molecule has 0 bridgehead atoms. The standard InChI is InChI=1S/C24H22N2O8/c1-14(27)32-21-9-8-17(10-22(21)33-15(2)28)11-23(34-16(3)29)24(30)31-13-18-12-25-19-6-4-5-7-20(19)26-18/h4-10,12,23H,11,13H2,1-3H3. The van der Waals surface area contributed by atoms with E-state index in [1.54, 1.807) is 12.1 Å². The summed E-state index contributed by atoms with van der Waals surface area (Å²) in [5, 5.41) is 0. The molecule has 1 unspecified atom stereocenters. The molecule has 0 saturated heterocycles. The van der Waals surface area contributed by atoms with Gasteiger partial charge < -0.3 is 18.9 Å². The Kier molecular flexibility index (Phi) is 7.86. The van der Waals surface area contributed by atoms with E-state index in [0.29, 0.717) is 22.3 Å². The van der Waals surface area contributed by atoms with E-state index < -0.39 is 30.0 Å². The second-order valence-corrected chi connectivity index (χ2v) is 7.23. The molecule has 0 spiro atoms. The predicted octanol–water partition coefficient (Wildman–Crippen LogP) is 2.70. The van der Waals surface area contributed by atoms with Crippen LogP contribution in [0.4, 0.5) is 0 Å². The molecule has 1 atom stereocenters. The number of esters is 4. The van der Waals surface area contributed by atoms with Crippen molar-refractivity contribution in [1.82, 2.24) is 9.97 Å². The quantitative estimate of drug-likeness (QED) is 0.361. The molecule has 0 aliphatic heterocycles. The van der Waals surface area contributed by atoms with Gasteiger partial charge in [-0.15, -0.1) is 0 Å². The number of nitrogens with zero attached hydrogens (tertiary/aromatic N) is 2. The maximum atomic E-state index is 12.7. The molecule has 3 aromatic rings. The summed E-state index contributed by atoms with van der Waals surface area (Å²) in [7, 11) is 0. The Morgan fingerprint density at radius 1 is 0.853 bits per heavy atom. The molecule has 3 rings (SSSR count). The maximum Gasteiger partial charge on any atom is 0.348 e. The lowest BCUT2D eigenvalue weighted by molar-refractivity contribution is -0.167. The molecule has 2 aromatic carbocycles. The van der Waals surface area contributed by atoms with E-state index in [9.17, 15) is 19.2 Å². The van der Waals surface area contributed by atoms with Gasteiger partial charge in [-0.3, -0.25) is 19.4 Å². The van der Waals surface area contributed by atoms with Crippen LogP contribution in [0.25, 0.3) is 11.0 Å². The van der Waals surface area contributed by atoms with Gasteiger partial charge in [0.15, 0.2) is 11.5 Å². The Bertz CT molecular complexity index is 1240. The van der Waals surface area contributed by atoms with Crippen LogP contribution in [0.1, 0.15) is 32.0 Å². The maximum absolute atomic E-state index is 12.7. The number of carbonyl (C=O) groups is 4. The van der Waals surface area contributed by atoms with Crippen molar-refractivity contribution in [3.8, 4) is 11.5 Å². The zero-order valence-electron chi connectivity index (χ0n) is 18.8. The molecule has 10 nitrogen and oxygen atoms in total. The summed E-state index contributed by atoms with van der Waals surface area (Å²) in [4.78, 5) is 55.6. The first-order chi connectivity index (χ1) is 16.2. The third-order valence-electron chi connectivity index (χ3n) is 4.37. The average Bonchev–Trinajstić information content (AvgIpc) is 2.77. The lowest BCUT2D eigenvalue weighted by atomic mass is 10.1. The van der Waals surface area contributed by atoms with Crippen LogP contribution in [0, 0.1) is 0 Å². The van der Waals surface area contributed by atoms with Gasteiger partial charge in [-0.2, -0.15) is 0 Å².